The van der Waals surface area contributed by atoms with E-state index in [9.17, 15) is 9.59 Å². The van der Waals surface area contributed by atoms with Crippen molar-refractivity contribution in [1.29, 1.82) is 0 Å². The number of urea groups is 1. The number of carbonyl (C=O) groups excluding carboxylic acids is 1. The predicted molar refractivity (Wildman–Crippen MR) is 61.8 cm³/mol. The summed E-state index contributed by atoms with van der Waals surface area (Å²) in [4.78, 5) is 24.1. The number of rotatable bonds is 3. The van der Waals surface area contributed by atoms with Gasteiger partial charge in [-0.3, -0.25) is 4.79 Å². The summed E-state index contributed by atoms with van der Waals surface area (Å²) in [7, 11) is 0. The minimum Gasteiger partial charge on any atom is -0.481 e. The molecule has 2 amide bonds. The van der Waals surface area contributed by atoms with Crippen LogP contribution in [0.1, 0.15) is 20.3 Å². The van der Waals surface area contributed by atoms with E-state index >= 15 is 0 Å². The van der Waals surface area contributed by atoms with Gasteiger partial charge in [-0.05, 0) is 13.3 Å². The molecule has 2 atom stereocenters. The molecule has 17 heavy (non-hydrogen) atoms. The summed E-state index contributed by atoms with van der Waals surface area (Å²) in [6.45, 7) is 5.50. The fourth-order valence-electron chi connectivity index (χ4n) is 1.62. The number of hydrogen-bond acceptors (Lipinski definition) is 3. The van der Waals surface area contributed by atoms with Gasteiger partial charge in [-0.25, -0.2) is 4.79 Å². The molecule has 0 aromatic carbocycles. The van der Waals surface area contributed by atoms with Crippen molar-refractivity contribution in [2.24, 2.45) is 5.92 Å². The first-order valence-electron chi connectivity index (χ1n) is 5.88. The van der Waals surface area contributed by atoms with Gasteiger partial charge in [0.25, 0.3) is 0 Å². The highest BCUT2D eigenvalue weighted by atomic mass is 16.5. The number of carboxylic acid groups (broad SMARTS) is 1. The molecule has 1 fully saturated rings. The van der Waals surface area contributed by atoms with Crippen LogP contribution in [0.15, 0.2) is 0 Å². The van der Waals surface area contributed by atoms with Crippen molar-refractivity contribution in [3.63, 3.8) is 0 Å². The van der Waals surface area contributed by atoms with Crippen LogP contribution in [0.5, 0.6) is 0 Å². The maximum absolute atomic E-state index is 11.8. The monoisotopic (exact) mass is 244 g/mol. The molecule has 6 heteroatoms. The van der Waals surface area contributed by atoms with E-state index in [4.69, 9.17) is 9.84 Å². The van der Waals surface area contributed by atoms with E-state index in [1.807, 2.05) is 6.92 Å². The van der Waals surface area contributed by atoms with Crippen LogP contribution in [0, 0.1) is 5.92 Å². The minimum atomic E-state index is -0.905. The van der Waals surface area contributed by atoms with E-state index in [-0.39, 0.29) is 18.7 Å². The van der Waals surface area contributed by atoms with Crippen molar-refractivity contribution >= 4 is 12.0 Å². The van der Waals surface area contributed by atoms with Crippen LogP contribution >= 0.6 is 0 Å². The van der Waals surface area contributed by atoms with Crippen LogP contribution in [-0.2, 0) is 9.53 Å². The van der Waals surface area contributed by atoms with Crippen molar-refractivity contribution in [2.45, 2.75) is 26.4 Å². The molecular weight excluding hydrogens is 224 g/mol. The largest absolute Gasteiger partial charge is 0.481 e. The van der Waals surface area contributed by atoms with Gasteiger partial charge >= 0.3 is 12.0 Å². The van der Waals surface area contributed by atoms with E-state index in [1.165, 1.54) is 0 Å². The number of nitrogens with zero attached hydrogens (tertiary/aromatic N) is 1. The second-order valence-corrected chi connectivity index (χ2v) is 4.41. The second kappa shape index (κ2) is 6.44. The summed E-state index contributed by atoms with van der Waals surface area (Å²) in [5.74, 6) is -1.47. The molecule has 2 N–H and O–H groups in total. The lowest BCUT2D eigenvalue weighted by Gasteiger charge is -2.23. The first kappa shape index (κ1) is 13.8. The van der Waals surface area contributed by atoms with Gasteiger partial charge in [-0.15, -0.1) is 0 Å². The second-order valence-electron chi connectivity index (χ2n) is 4.41. The number of amides is 2. The summed E-state index contributed by atoms with van der Waals surface area (Å²) in [5, 5.41) is 11.3. The first-order chi connectivity index (χ1) is 8.00. The zero-order valence-electron chi connectivity index (χ0n) is 10.3. The zero-order valence-corrected chi connectivity index (χ0v) is 10.3. The number of hydrogen-bond donors (Lipinski definition) is 2. The van der Waals surface area contributed by atoms with Gasteiger partial charge in [0.1, 0.15) is 0 Å². The van der Waals surface area contributed by atoms with Gasteiger partial charge in [0.05, 0.1) is 12.0 Å². The van der Waals surface area contributed by atoms with E-state index < -0.39 is 11.9 Å². The molecule has 1 aliphatic heterocycles. The van der Waals surface area contributed by atoms with Gasteiger partial charge < -0.3 is 20.1 Å². The average Bonchev–Trinajstić information content (AvgIpc) is 2.50. The Balaban J connectivity index is 2.38. The maximum Gasteiger partial charge on any atom is 0.317 e. The SMILES string of the molecule is CC1CN(C(=O)NCC(C)C(=O)O)CCCO1. The Morgan fingerprint density at radius 2 is 2.29 bits per heavy atom. The quantitative estimate of drug-likeness (QED) is 0.759. The Morgan fingerprint density at radius 1 is 1.59 bits per heavy atom. The standard InChI is InChI=1S/C11H20N2O4/c1-8(10(14)15)6-12-11(16)13-4-3-5-17-9(2)7-13/h8-9H,3-7H2,1-2H3,(H,12,16)(H,14,15). The topological polar surface area (TPSA) is 78.9 Å². The molecule has 1 saturated heterocycles. The van der Waals surface area contributed by atoms with Crippen LogP contribution in [0.2, 0.25) is 0 Å². The summed E-state index contributed by atoms with van der Waals surface area (Å²) in [5.41, 5.74) is 0. The smallest absolute Gasteiger partial charge is 0.317 e. The molecule has 1 rings (SSSR count). The summed E-state index contributed by atoms with van der Waals surface area (Å²) in [6.07, 6.45) is 0.840. The molecule has 0 aromatic heterocycles. The Hall–Kier alpha value is -1.30. The summed E-state index contributed by atoms with van der Waals surface area (Å²) in [6, 6.07) is -0.213. The number of aliphatic carboxylic acids is 1. The molecule has 6 nitrogen and oxygen atoms in total. The van der Waals surface area contributed by atoms with Gasteiger partial charge in [0.15, 0.2) is 0 Å². The van der Waals surface area contributed by atoms with Gasteiger partial charge in [-0.2, -0.15) is 0 Å². The van der Waals surface area contributed by atoms with E-state index in [2.05, 4.69) is 5.32 Å². The summed E-state index contributed by atoms with van der Waals surface area (Å²) < 4.78 is 5.43. The van der Waals surface area contributed by atoms with Crippen LogP contribution in [0.25, 0.3) is 0 Å². The minimum absolute atomic E-state index is 0.0279. The third-order valence-corrected chi connectivity index (χ3v) is 2.72. The van der Waals surface area contributed by atoms with Gasteiger partial charge in [0.2, 0.25) is 0 Å². The summed E-state index contributed by atoms with van der Waals surface area (Å²) >= 11 is 0. The molecular formula is C11H20N2O4. The Morgan fingerprint density at radius 3 is 2.94 bits per heavy atom. The zero-order chi connectivity index (χ0) is 12.8. The van der Waals surface area contributed by atoms with Crippen LogP contribution < -0.4 is 5.32 Å². The Labute approximate surface area is 101 Å². The van der Waals surface area contributed by atoms with E-state index in [0.29, 0.717) is 19.7 Å². The lowest BCUT2D eigenvalue weighted by atomic mass is 10.2. The number of nitrogens with one attached hydrogen (secondary N) is 1. The van der Waals surface area contributed by atoms with Gasteiger partial charge in [0, 0.05) is 26.2 Å². The Bertz CT molecular complexity index is 283. The molecule has 0 aromatic rings. The van der Waals surface area contributed by atoms with Gasteiger partial charge in [-0.1, -0.05) is 6.92 Å². The molecule has 0 radical (unpaired) electrons. The molecule has 1 aliphatic rings. The fourth-order valence-corrected chi connectivity index (χ4v) is 1.62. The van der Waals surface area contributed by atoms with Crippen LogP contribution in [0.3, 0.4) is 0 Å². The molecule has 1 heterocycles. The fraction of sp³-hybridized carbons (Fsp3) is 0.818. The maximum atomic E-state index is 11.8. The lowest BCUT2D eigenvalue weighted by molar-refractivity contribution is -0.140. The highest BCUT2D eigenvalue weighted by Crippen LogP contribution is 2.05. The normalized spacial score (nSPS) is 22.7. The lowest BCUT2D eigenvalue weighted by Crippen LogP contribution is -2.44. The van der Waals surface area contributed by atoms with Crippen molar-refractivity contribution in [2.75, 3.05) is 26.2 Å². The molecule has 0 saturated carbocycles. The van der Waals surface area contributed by atoms with Crippen LogP contribution in [-0.4, -0.2) is 54.4 Å². The molecule has 2 unspecified atom stereocenters. The average molecular weight is 244 g/mol. The molecule has 98 valence electrons. The van der Waals surface area contributed by atoms with Crippen molar-refractivity contribution in [3.05, 3.63) is 0 Å². The highest BCUT2D eigenvalue weighted by molar-refractivity contribution is 5.76. The van der Waals surface area contributed by atoms with Crippen LogP contribution in [0.4, 0.5) is 4.79 Å². The third-order valence-electron chi connectivity index (χ3n) is 2.72. The molecule has 0 spiro atoms. The number of ether oxygens (including phenoxy) is 1. The number of carbonyl (C=O) groups is 2. The Kier molecular flexibility index (Phi) is 5.21. The molecule has 0 aliphatic carbocycles. The predicted octanol–water partition coefficient (Wildman–Crippen LogP) is 0.527. The van der Waals surface area contributed by atoms with Crippen molar-refractivity contribution < 1.29 is 19.4 Å². The third kappa shape index (κ3) is 4.60. The van der Waals surface area contributed by atoms with Crippen molar-refractivity contribution in [1.82, 2.24) is 10.2 Å². The first-order valence-corrected chi connectivity index (χ1v) is 5.88. The highest BCUT2D eigenvalue weighted by Gasteiger charge is 2.20. The van der Waals surface area contributed by atoms with Crippen molar-refractivity contribution in [3.8, 4) is 0 Å². The molecule has 0 bridgehead atoms. The van der Waals surface area contributed by atoms with E-state index in [0.717, 1.165) is 6.42 Å². The van der Waals surface area contributed by atoms with E-state index in [1.54, 1.807) is 11.8 Å². The number of carboxylic acids is 1.